The Bertz CT molecular complexity index is 508. The molecule has 0 saturated heterocycles. The molecule has 1 rings (SSSR count). The number of nitrogens with two attached hydrogens (primary N) is 1. The van der Waals surface area contributed by atoms with Gasteiger partial charge in [-0.2, -0.15) is 5.10 Å². The first-order valence-corrected chi connectivity index (χ1v) is 7.71. The second kappa shape index (κ2) is 5.27. The number of ether oxygens (including phenoxy) is 1. The Balaban J connectivity index is 3.26. The van der Waals surface area contributed by atoms with Crippen LogP contribution in [0.2, 0.25) is 0 Å². The lowest BCUT2D eigenvalue weighted by Gasteiger charge is -2.22. The van der Waals surface area contributed by atoms with Crippen LogP contribution in [0.5, 0.6) is 5.75 Å². The number of nitrogens with zero attached hydrogens (tertiary/aromatic N) is 2. The molecular formula is C11H21N3O3S. The van der Waals surface area contributed by atoms with Gasteiger partial charge in [-0.3, -0.25) is 4.68 Å². The summed E-state index contributed by atoms with van der Waals surface area (Å²) in [6.45, 7) is 5.50. The summed E-state index contributed by atoms with van der Waals surface area (Å²) >= 11 is 0. The molecular weight excluding hydrogens is 254 g/mol. The number of hydrogen-bond donors (Lipinski definition) is 1. The Morgan fingerprint density at radius 2 is 1.94 bits per heavy atom. The minimum Gasteiger partial charge on any atom is -0.493 e. The Morgan fingerprint density at radius 1 is 1.39 bits per heavy atom. The average Bonchev–Trinajstić information content (AvgIpc) is 2.69. The molecule has 2 unspecified atom stereocenters. The van der Waals surface area contributed by atoms with E-state index in [0.29, 0.717) is 11.4 Å². The van der Waals surface area contributed by atoms with Gasteiger partial charge in [0.1, 0.15) is 0 Å². The lowest BCUT2D eigenvalue weighted by Crippen LogP contribution is -2.32. The van der Waals surface area contributed by atoms with E-state index in [4.69, 9.17) is 10.5 Å². The molecule has 0 aliphatic rings. The van der Waals surface area contributed by atoms with Crippen molar-refractivity contribution in [2.24, 2.45) is 5.73 Å². The zero-order chi connectivity index (χ0) is 14.1. The molecule has 6 nitrogen and oxygen atoms in total. The van der Waals surface area contributed by atoms with E-state index in [1.54, 1.807) is 17.8 Å². The van der Waals surface area contributed by atoms with E-state index in [1.807, 2.05) is 13.8 Å². The molecule has 2 N–H and O–H groups in total. The first kappa shape index (κ1) is 15.0. The van der Waals surface area contributed by atoms with Crippen LogP contribution in [0.1, 0.15) is 38.5 Å². The highest BCUT2D eigenvalue weighted by atomic mass is 32.2. The van der Waals surface area contributed by atoms with Crippen molar-refractivity contribution in [1.82, 2.24) is 9.78 Å². The van der Waals surface area contributed by atoms with Crippen LogP contribution in [0.25, 0.3) is 0 Å². The Kier molecular flexibility index (Phi) is 4.39. The van der Waals surface area contributed by atoms with Crippen LogP contribution in [-0.4, -0.2) is 36.8 Å². The van der Waals surface area contributed by atoms with Crippen LogP contribution in [-0.2, 0) is 9.84 Å². The zero-order valence-corrected chi connectivity index (χ0v) is 12.2. The second-order valence-corrected chi connectivity index (χ2v) is 7.10. The highest BCUT2D eigenvalue weighted by Gasteiger charge is 2.30. The van der Waals surface area contributed by atoms with Crippen molar-refractivity contribution in [3.05, 3.63) is 11.9 Å². The van der Waals surface area contributed by atoms with E-state index < -0.39 is 21.1 Å². The number of rotatable bonds is 5. The van der Waals surface area contributed by atoms with Gasteiger partial charge >= 0.3 is 0 Å². The van der Waals surface area contributed by atoms with Gasteiger partial charge in [0.2, 0.25) is 0 Å². The lowest BCUT2D eigenvalue weighted by molar-refractivity contribution is 0.395. The SMILES string of the molecule is COc1cnn(C(C)C)c1C(N)C(C)S(C)(=O)=O. The number of methoxy groups -OCH3 is 1. The van der Waals surface area contributed by atoms with E-state index in [9.17, 15) is 8.42 Å². The van der Waals surface area contributed by atoms with Gasteiger partial charge in [0, 0.05) is 12.3 Å². The second-order valence-electron chi connectivity index (χ2n) is 4.70. The van der Waals surface area contributed by atoms with Gasteiger partial charge in [-0.25, -0.2) is 8.42 Å². The molecule has 2 atom stereocenters. The Hall–Kier alpha value is -1.08. The molecule has 0 fully saturated rings. The number of sulfone groups is 1. The number of aromatic nitrogens is 2. The van der Waals surface area contributed by atoms with Crippen molar-refractivity contribution in [1.29, 1.82) is 0 Å². The first-order chi connectivity index (χ1) is 8.20. The molecule has 0 radical (unpaired) electrons. The summed E-state index contributed by atoms with van der Waals surface area (Å²) in [5.41, 5.74) is 6.68. The molecule has 0 saturated carbocycles. The monoisotopic (exact) mass is 275 g/mol. The molecule has 1 aromatic heterocycles. The van der Waals surface area contributed by atoms with Crippen LogP contribution in [0.15, 0.2) is 6.20 Å². The third-order valence-corrected chi connectivity index (χ3v) is 4.65. The smallest absolute Gasteiger partial charge is 0.161 e. The molecule has 104 valence electrons. The maximum absolute atomic E-state index is 11.6. The quantitative estimate of drug-likeness (QED) is 0.863. The van der Waals surface area contributed by atoms with Gasteiger partial charge in [0.25, 0.3) is 0 Å². The predicted octanol–water partition coefficient (Wildman–Crippen LogP) is 0.906. The molecule has 1 aromatic rings. The van der Waals surface area contributed by atoms with Crippen molar-refractivity contribution in [3.8, 4) is 5.75 Å². The third kappa shape index (κ3) is 2.84. The predicted molar refractivity (Wildman–Crippen MR) is 70.4 cm³/mol. The maximum Gasteiger partial charge on any atom is 0.161 e. The zero-order valence-electron chi connectivity index (χ0n) is 11.4. The van der Waals surface area contributed by atoms with Gasteiger partial charge in [-0.15, -0.1) is 0 Å². The summed E-state index contributed by atoms with van der Waals surface area (Å²) in [5.74, 6) is 0.520. The molecule has 0 aromatic carbocycles. The fraction of sp³-hybridized carbons (Fsp3) is 0.727. The van der Waals surface area contributed by atoms with E-state index in [-0.39, 0.29) is 6.04 Å². The van der Waals surface area contributed by atoms with Gasteiger partial charge in [0.15, 0.2) is 15.6 Å². The normalized spacial score (nSPS) is 15.7. The van der Waals surface area contributed by atoms with Crippen molar-refractivity contribution < 1.29 is 13.2 Å². The topological polar surface area (TPSA) is 87.2 Å². The van der Waals surface area contributed by atoms with Crippen LogP contribution < -0.4 is 10.5 Å². The standard InChI is InChI=1S/C11H21N3O3S/c1-7(2)14-11(9(17-4)6-13-14)10(12)8(3)18(5,15)16/h6-8,10H,12H2,1-5H3. The summed E-state index contributed by atoms with van der Waals surface area (Å²) in [6, 6.07) is -0.582. The van der Waals surface area contributed by atoms with Crippen molar-refractivity contribution in [2.45, 2.75) is 38.1 Å². The molecule has 0 spiro atoms. The molecule has 0 aliphatic carbocycles. The lowest BCUT2D eigenvalue weighted by atomic mass is 10.1. The fourth-order valence-electron chi connectivity index (χ4n) is 1.73. The third-order valence-electron chi connectivity index (χ3n) is 3.00. The van der Waals surface area contributed by atoms with Crippen molar-refractivity contribution >= 4 is 9.84 Å². The van der Waals surface area contributed by atoms with Crippen LogP contribution in [0.4, 0.5) is 0 Å². The van der Waals surface area contributed by atoms with Crippen LogP contribution in [0.3, 0.4) is 0 Å². The molecule has 0 amide bonds. The van der Waals surface area contributed by atoms with Crippen LogP contribution in [0, 0.1) is 0 Å². The highest BCUT2D eigenvalue weighted by Crippen LogP contribution is 2.29. The molecule has 0 bridgehead atoms. The summed E-state index contributed by atoms with van der Waals surface area (Å²) in [5, 5.41) is 3.49. The fourth-order valence-corrected chi connectivity index (χ4v) is 2.39. The van der Waals surface area contributed by atoms with Crippen molar-refractivity contribution in [3.63, 3.8) is 0 Å². The van der Waals surface area contributed by atoms with Gasteiger partial charge < -0.3 is 10.5 Å². The molecule has 18 heavy (non-hydrogen) atoms. The summed E-state index contributed by atoms with van der Waals surface area (Å²) < 4.78 is 30.1. The van der Waals surface area contributed by atoms with E-state index in [2.05, 4.69) is 5.10 Å². The van der Waals surface area contributed by atoms with Crippen LogP contribution >= 0.6 is 0 Å². The van der Waals surface area contributed by atoms with Gasteiger partial charge in [0.05, 0.1) is 30.3 Å². The van der Waals surface area contributed by atoms with Crippen molar-refractivity contribution in [2.75, 3.05) is 13.4 Å². The summed E-state index contributed by atoms with van der Waals surface area (Å²) in [4.78, 5) is 0. The van der Waals surface area contributed by atoms with E-state index >= 15 is 0 Å². The minimum absolute atomic E-state index is 0.0849. The van der Waals surface area contributed by atoms with Gasteiger partial charge in [-0.05, 0) is 20.8 Å². The molecule has 1 heterocycles. The Labute approximate surface area is 108 Å². The summed E-state index contributed by atoms with van der Waals surface area (Å²) in [6.07, 6.45) is 2.74. The van der Waals surface area contributed by atoms with Gasteiger partial charge in [-0.1, -0.05) is 0 Å². The van der Waals surface area contributed by atoms with E-state index in [0.717, 1.165) is 0 Å². The Morgan fingerprint density at radius 3 is 2.33 bits per heavy atom. The highest BCUT2D eigenvalue weighted by molar-refractivity contribution is 7.91. The average molecular weight is 275 g/mol. The van der Waals surface area contributed by atoms with E-state index in [1.165, 1.54) is 13.4 Å². The molecule has 0 aliphatic heterocycles. The minimum atomic E-state index is -3.22. The maximum atomic E-state index is 11.6. The largest absolute Gasteiger partial charge is 0.493 e. The molecule has 7 heteroatoms. The first-order valence-electron chi connectivity index (χ1n) is 5.76. The number of hydrogen-bond acceptors (Lipinski definition) is 5. The summed E-state index contributed by atoms with van der Waals surface area (Å²) in [7, 11) is -1.70.